The molecule has 0 aliphatic carbocycles. The van der Waals surface area contributed by atoms with Crippen molar-refractivity contribution in [1.82, 2.24) is 4.57 Å². The fraction of sp³-hybridized carbons (Fsp3) is 0.100. The van der Waals surface area contributed by atoms with Gasteiger partial charge in [0, 0.05) is 32.9 Å². The van der Waals surface area contributed by atoms with Crippen LogP contribution in [0.25, 0.3) is 28.7 Å². The van der Waals surface area contributed by atoms with Crippen LogP contribution in [0.2, 0.25) is 10.0 Å². The van der Waals surface area contributed by atoms with E-state index in [0.717, 1.165) is 15.6 Å². The van der Waals surface area contributed by atoms with Crippen molar-refractivity contribution in [2.24, 2.45) is 4.99 Å². The Bertz CT molecular complexity index is 2010. The van der Waals surface area contributed by atoms with Gasteiger partial charge in [-0.1, -0.05) is 62.6 Å². The first-order valence-corrected chi connectivity index (χ1v) is 14.5. The number of ketones is 1. The predicted molar refractivity (Wildman–Crippen MR) is 160 cm³/mol. The van der Waals surface area contributed by atoms with Crippen molar-refractivity contribution in [2.45, 2.75) is 19.9 Å². The molecule has 6 nitrogen and oxygen atoms in total. The summed E-state index contributed by atoms with van der Waals surface area (Å²) >= 11 is 16.9. The highest BCUT2D eigenvalue weighted by atomic mass is 79.9. The zero-order valence-electron chi connectivity index (χ0n) is 21.1. The molecule has 0 N–H and O–H groups in total. The Morgan fingerprint density at radius 3 is 2.40 bits per heavy atom. The molecule has 0 unspecified atom stereocenters. The molecule has 40 heavy (non-hydrogen) atoms. The highest BCUT2D eigenvalue weighted by Gasteiger charge is 2.33. The number of nitrogens with zero attached hydrogens (tertiary/aromatic N) is 2. The van der Waals surface area contributed by atoms with Gasteiger partial charge in [0.15, 0.2) is 10.6 Å². The zero-order chi connectivity index (χ0) is 28.1. The topological polar surface area (TPSA) is 77.7 Å². The molecule has 0 fully saturated rings. The molecule has 10 heteroatoms. The molecule has 6 rings (SSSR count). The van der Waals surface area contributed by atoms with Crippen LogP contribution in [0.3, 0.4) is 0 Å². The zero-order valence-corrected chi connectivity index (χ0v) is 25.0. The fourth-order valence-electron chi connectivity index (χ4n) is 4.67. The SMILES string of the molecule is CC(=O)C1=C(C)N=c2s/c(=C/c3ccc(-c4ccc(Br)cc4)o3)c(=O)n2[C@H]1c1ccc(-c2ccc(Cl)c(Cl)c2)o1. The van der Waals surface area contributed by atoms with Crippen LogP contribution in [0.1, 0.15) is 31.4 Å². The van der Waals surface area contributed by atoms with Gasteiger partial charge in [-0.05, 0) is 68.4 Å². The summed E-state index contributed by atoms with van der Waals surface area (Å²) in [5.41, 5.74) is 2.27. The highest BCUT2D eigenvalue weighted by Crippen LogP contribution is 2.35. The van der Waals surface area contributed by atoms with Gasteiger partial charge in [0.05, 0.1) is 14.6 Å². The van der Waals surface area contributed by atoms with Crippen molar-refractivity contribution in [3.63, 3.8) is 0 Å². The van der Waals surface area contributed by atoms with Crippen LogP contribution < -0.4 is 14.9 Å². The Morgan fingerprint density at radius 2 is 1.68 bits per heavy atom. The van der Waals surface area contributed by atoms with Crippen LogP contribution in [0.15, 0.2) is 101 Å². The van der Waals surface area contributed by atoms with E-state index >= 15 is 0 Å². The lowest BCUT2D eigenvalue weighted by atomic mass is 9.98. The molecule has 2 aromatic carbocycles. The van der Waals surface area contributed by atoms with E-state index in [0.29, 0.717) is 53.7 Å². The summed E-state index contributed by atoms with van der Waals surface area (Å²) in [4.78, 5) is 31.7. The van der Waals surface area contributed by atoms with Crippen molar-refractivity contribution in [2.75, 3.05) is 0 Å². The molecule has 1 atom stereocenters. The number of allylic oxidation sites excluding steroid dienone is 2. The van der Waals surface area contributed by atoms with Gasteiger partial charge in [0.25, 0.3) is 5.56 Å². The van der Waals surface area contributed by atoms with Crippen molar-refractivity contribution in [3.8, 4) is 22.6 Å². The number of carbonyl (C=O) groups excluding carboxylic acids is 1. The number of hydrogen-bond acceptors (Lipinski definition) is 6. The van der Waals surface area contributed by atoms with Gasteiger partial charge in [0.1, 0.15) is 29.1 Å². The van der Waals surface area contributed by atoms with Crippen LogP contribution in [-0.2, 0) is 4.79 Å². The monoisotopic (exact) mass is 652 g/mol. The average Bonchev–Trinajstić information content (AvgIpc) is 3.65. The van der Waals surface area contributed by atoms with E-state index in [4.69, 9.17) is 32.0 Å². The molecule has 1 aliphatic rings. The van der Waals surface area contributed by atoms with Gasteiger partial charge >= 0.3 is 0 Å². The maximum absolute atomic E-state index is 13.8. The Kier molecular flexibility index (Phi) is 7.04. The lowest BCUT2D eigenvalue weighted by molar-refractivity contribution is -0.114. The van der Waals surface area contributed by atoms with Crippen LogP contribution in [-0.4, -0.2) is 10.4 Å². The highest BCUT2D eigenvalue weighted by molar-refractivity contribution is 9.10. The number of halogens is 3. The molecular formula is C30H19BrCl2N2O4S. The number of furan rings is 2. The van der Waals surface area contributed by atoms with Crippen molar-refractivity contribution in [3.05, 3.63) is 124 Å². The standard InChI is InChI=1S/C30H19BrCl2N2O4S/c1-15-27(16(2)36)28(25-12-11-24(39-25)18-5-9-21(32)22(33)13-18)35-29(37)26(40-30(35)34-15)14-20-8-10-23(38-20)17-3-6-19(31)7-4-17/h3-14,28H,1-2H3/b26-14+/t28-/m0/s1. The van der Waals surface area contributed by atoms with Crippen molar-refractivity contribution in [1.29, 1.82) is 0 Å². The molecule has 0 radical (unpaired) electrons. The van der Waals surface area contributed by atoms with E-state index < -0.39 is 6.04 Å². The fourth-order valence-corrected chi connectivity index (χ4v) is 6.26. The number of benzene rings is 2. The predicted octanol–water partition coefficient (Wildman–Crippen LogP) is 7.41. The number of carbonyl (C=O) groups is 1. The molecule has 1 aliphatic heterocycles. The quantitative estimate of drug-likeness (QED) is 0.198. The molecule has 200 valence electrons. The number of fused-ring (bicyclic) bond motifs is 1. The molecule has 3 aromatic heterocycles. The number of Topliss-reactive ketones (excluding diaryl/α,β-unsaturated/α-hetero) is 1. The number of thiazole rings is 1. The first-order chi connectivity index (χ1) is 19.2. The molecule has 0 spiro atoms. The van der Waals surface area contributed by atoms with Crippen LogP contribution in [0.4, 0.5) is 0 Å². The van der Waals surface area contributed by atoms with Crippen LogP contribution in [0.5, 0.6) is 0 Å². The number of hydrogen-bond donors (Lipinski definition) is 0. The Morgan fingerprint density at radius 1 is 0.975 bits per heavy atom. The largest absolute Gasteiger partial charge is 0.458 e. The Hall–Kier alpha value is -3.43. The van der Waals surface area contributed by atoms with Crippen LogP contribution in [0, 0.1) is 0 Å². The molecule has 0 bridgehead atoms. The molecular weight excluding hydrogens is 635 g/mol. The van der Waals surface area contributed by atoms with E-state index in [1.807, 2.05) is 36.4 Å². The minimum atomic E-state index is -0.776. The molecule has 0 saturated carbocycles. The molecule has 5 aromatic rings. The van der Waals surface area contributed by atoms with Gasteiger partial charge in [-0.15, -0.1) is 0 Å². The van der Waals surface area contributed by atoms with Crippen molar-refractivity contribution >= 4 is 62.3 Å². The second kappa shape index (κ2) is 10.5. The normalized spacial score (nSPS) is 15.3. The minimum Gasteiger partial charge on any atom is -0.458 e. The van der Waals surface area contributed by atoms with Gasteiger partial charge in [-0.3, -0.25) is 14.2 Å². The Balaban J connectivity index is 1.45. The number of aromatic nitrogens is 1. The lowest BCUT2D eigenvalue weighted by Gasteiger charge is -2.22. The molecule has 4 heterocycles. The molecule has 0 amide bonds. The maximum atomic E-state index is 13.8. The third-order valence-corrected chi connectivity index (χ3v) is 8.78. The number of rotatable bonds is 5. The summed E-state index contributed by atoms with van der Waals surface area (Å²) in [5, 5.41) is 0.828. The summed E-state index contributed by atoms with van der Waals surface area (Å²) in [6, 6.07) is 19.4. The van der Waals surface area contributed by atoms with E-state index in [-0.39, 0.29) is 11.3 Å². The summed E-state index contributed by atoms with van der Waals surface area (Å²) in [6.45, 7) is 3.23. The minimum absolute atomic E-state index is 0.196. The van der Waals surface area contributed by atoms with Crippen molar-refractivity contribution < 1.29 is 13.6 Å². The van der Waals surface area contributed by atoms with E-state index in [1.165, 1.54) is 22.8 Å². The lowest BCUT2D eigenvalue weighted by Crippen LogP contribution is -2.39. The van der Waals surface area contributed by atoms with E-state index in [9.17, 15) is 9.59 Å². The first-order valence-electron chi connectivity index (χ1n) is 12.1. The smallest absolute Gasteiger partial charge is 0.271 e. The second-order valence-electron chi connectivity index (χ2n) is 9.18. The van der Waals surface area contributed by atoms with Gasteiger partial charge in [0.2, 0.25) is 0 Å². The molecule has 0 saturated heterocycles. The van der Waals surface area contributed by atoms with E-state index in [2.05, 4.69) is 20.9 Å². The second-order valence-corrected chi connectivity index (χ2v) is 11.9. The van der Waals surface area contributed by atoms with E-state index in [1.54, 1.807) is 43.3 Å². The third-order valence-electron chi connectivity index (χ3n) is 6.53. The third kappa shape index (κ3) is 4.86. The maximum Gasteiger partial charge on any atom is 0.271 e. The van der Waals surface area contributed by atoms with Gasteiger partial charge in [-0.25, -0.2) is 4.99 Å². The summed E-state index contributed by atoms with van der Waals surface area (Å²) in [7, 11) is 0. The summed E-state index contributed by atoms with van der Waals surface area (Å²) < 4.78 is 15.1. The average molecular weight is 654 g/mol. The van der Waals surface area contributed by atoms with Crippen LogP contribution >= 0.6 is 50.5 Å². The van der Waals surface area contributed by atoms with Gasteiger partial charge in [-0.2, -0.15) is 0 Å². The van der Waals surface area contributed by atoms with Gasteiger partial charge < -0.3 is 8.83 Å². The summed E-state index contributed by atoms with van der Waals surface area (Å²) in [5.74, 6) is 1.98. The summed E-state index contributed by atoms with van der Waals surface area (Å²) in [6.07, 6.45) is 1.69. The Labute approximate surface area is 250 Å². The first kappa shape index (κ1) is 26.8.